The molecule has 0 spiro atoms. The van der Waals surface area contributed by atoms with E-state index in [0.717, 1.165) is 22.7 Å². The first kappa shape index (κ1) is 40.2. The van der Waals surface area contributed by atoms with Gasteiger partial charge in [0.15, 0.2) is 0 Å². The van der Waals surface area contributed by atoms with Crippen LogP contribution in [0.4, 0.5) is 17.1 Å². The molecule has 13 aromatic rings. The van der Waals surface area contributed by atoms with E-state index in [1.165, 1.54) is 105 Å². The molecule has 70 heavy (non-hydrogen) atoms. The third-order valence-electron chi connectivity index (χ3n) is 15.1. The summed E-state index contributed by atoms with van der Waals surface area (Å²) in [6.45, 7) is 4.79. The number of fused-ring (bicyclic) bond motifs is 10. The number of para-hydroxylation sites is 4. The van der Waals surface area contributed by atoms with E-state index in [1.54, 1.807) is 0 Å². The number of nitrogens with zero attached hydrogens (tertiary/aromatic N) is 3. The Morgan fingerprint density at radius 2 is 0.829 bits per heavy atom. The Hall–Kier alpha value is -8.92. The molecule has 0 atom stereocenters. The number of rotatable bonds is 7. The van der Waals surface area contributed by atoms with E-state index in [-0.39, 0.29) is 5.41 Å². The van der Waals surface area contributed by atoms with Crippen LogP contribution in [0, 0.1) is 0 Å². The van der Waals surface area contributed by atoms with Gasteiger partial charge in [-0.3, -0.25) is 0 Å². The third-order valence-corrected chi connectivity index (χ3v) is 15.1. The molecule has 330 valence electrons. The number of benzene rings is 11. The molecule has 2 heterocycles. The van der Waals surface area contributed by atoms with Gasteiger partial charge in [-0.25, -0.2) is 0 Å². The molecule has 0 aliphatic heterocycles. The number of hydrogen-bond acceptors (Lipinski definition) is 1. The van der Waals surface area contributed by atoms with E-state index in [4.69, 9.17) is 0 Å². The second kappa shape index (κ2) is 15.6. The monoisotopic (exact) mass is 893 g/mol. The van der Waals surface area contributed by atoms with Crippen molar-refractivity contribution in [2.75, 3.05) is 4.90 Å². The molecule has 0 N–H and O–H groups in total. The lowest BCUT2D eigenvalue weighted by Gasteiger charge is -2.28. The van der Waals surface area contributed by atoms with Gasteiger partial charge in [0.05, 0.1) is 22.1 Å². The standard InChI is InChI=1S/C67H47N3/c1-67(2)61-42-51(68(48-19-6-3-7-20-48)49-21-8-4-9-22-49)32-35-55(61)56-36-33-52(43-62(56)67)70-65-38-31-46(40-60(65)58-34-29-47(41-66(58)70)54-27-16-18-44-17-12-13-25-53(44)54)45-30-37-64-59(39-45)57-26-14-15-28-63(57)69(64)50-23-10-5-11-24-50/h3-43H,1-2H3. The first-order valence-electron chi connectivity index (χ1n) is 24.3. The number of hydrogen-bond donors (Lipinski definition) is 0. The van der Waals surface area contributed by atoms with Crippen LogP contribution in [-0.2, 0) is 5.41 Å². The molecule has 0 amide bonds. The van der Waals surface area contributed by atoms with Crippen molar-refractivity contribution in [3.8, 4) is 44.8 Å². The fraction of sp³-hybridized carbons (Fsp3) is 0.0448. The van der Waals surface area contributed by atoms with Crippen molar-refractivity contribution in [2.24, 2.45) is 0 Å². The van der Waals surface area contributed by atoms with Gasteiger partial charge in [-0.15, -0.1) is 0 Å². The lowest BCUT2D eigenvalue weighted by molar-refractivity contribution is 0.660. The Bertz CT molecular complexity index is 4150. The smallest absolute Gasteiger partial charge is 0.0547 e. The summed E-state index contributed by atoms with van der Waals surface area (Å²) in [4.78, 5) is 2.37. The first-order valence-corrected chi connectivity index (χ1v) is 24.3. The van der Waals surface area contributed by atoms with Crippen LogP contribution in [0.2, 0.25) is 0 Å². The van der Waals surface area contributed by atoms with E-state index in [2.05, 4.69) is 277 Å². The highest BCUT2D eigenvalue weighted by Crippen LogP contribution is 2.52. The van der Waals surface area contributed by atoms with Crippen molar-refractivity contribution in [3.05, 3.63) is 260 Å². The second-order valence-corrected chi connectivity index (χ2v) is 19.3. The Labute approximate surface area is 407 Å². The molecule has 0 saturated carbocycles. The zero-order chi connectivity index (χ0) is 46.5. The van der Waals surface area contributed by atoms with Gasteiger partial charge in [0.25, 0.3) is 0 Å². The molecule has 0 unspecified atom stereocenters. The Morgan fingerprint density at radius 1 is 0.300 bits per heavy atom. The molecule has 3 heteroatoms. The molecule has 0 fully saturated rings. The third kappa shape index (κ3) is 6.15. The minimum atomic E-state index is -0.252. The first-order chi connectivity index (χ1) is 34.5. The van der Waals surface area contributed by atoms with Gasteiger partial charge in [0.2, 0.25) is 0 Å². The minimum absolute atomic E-state index is 0.252. The lowest BCUT2D eigenvalue weighted by Crippen LogP contribution is -2.17. The number of aromatic nitrogens is 2. The van der Waals surface area contributed by atoms with Crippen molar-refractivity contribution < 1.29 is 0 Å². The highest BCUT2D eigenvalue weighted by Gasteiger charge is 2.37. The summed E-state index contributed by atoms with van der Waals surface area (Å²) in [6.07, 6.45) is 0. The van der Waals surface area contributed by atoms with Crippen LogP contribution in [0.3, 0.4) is 0 Å². The summed E-state index contributed by atoms with van der Waals surface area (Å²) in [6, 6.07) is 91.7. The SMILES string of the molecule is CC1(C)c2cc(N(c3ccccc3)c3ccccc3)ccc2-c2ccc(-n3c4ccc(-c5ccc6c(c5)c5ccccc5n6-c5ccccc5)cc4c4ccc(-c5cccc6ccccc56)cc43)cc21. The molecule has 0 bridgehead atoms. The maximum absolute atomic E-state index is 2.51. The zero-order valence-electron chi connectivity index (χ0n) is 39.0. The molecular formula is C67H47N3. The summed E-state index contributed by atoms with van der Waals surface area (Å²) in [5.74, 6) is 0. The average Bonchev–Trinajstić information content (AvgIpc) is 4.01. The van der Waals surface area contributed by atoms with E-state index in [0.29, 0.717) is 0 Å². The summed E-state index contributed by atoms with van der Waals surface area (Å²) >= 11 is 0. The van der Waals surface area contributed by atoms with E-state index in [9.17, 15) is 0 Å². The normalized spacial score (nSPS) is 12.8. The fourth-order valence-corrected chi connectivity index (χ4v) is 11.7. The fourth-order valence-electron chi connectivity index (χ4n) is 11.7. The van der Waals surface area contributed by atoms with Crippen LogP contribution in [0.15, 0.2) is 249 Å². The molecule has 11 aromatic carbocycles. The molecule has 1 aliphatic carbocycles. The second-order valence-electron chi connectivity index (χ2n) is 19.3. The van der Waals surface area contributed by atoms with Crippen molar-refractivity contribution in [3.63, 3.8) is 0 Å². The van der Waals surface area contributed by atoms with Gasteiger partial charge in [0, 0.05) is 55.4 Å². The summed E-state index contributed by atoms with van der Waals surface area (Å²) in [5.41, 5.74) is 20.4. The molecule has 2 aromatic heterocycles. The quantitative estimate of drug-likeness (QED) is 0.155. The van der Waals surface area contributed by atoms with Gasteiger partial charge in [-0.1, -0.05) is 166 Å². The predicted octanol–water partition coefficient (Wildman–Crippen LogP) is 18.1. The van der Waals surface area contributed by atoms with E-state index < -0.39 is 0 Å². The largest absolute Gasteiger partial charge is 0.310 e. The van der Waals surface area contributed by atoms with Gasteiger partial charge in [0.1, 0.15) is 0 Å². The van der Waals surface area contributed by atoms with E-state index in [1.807, 2.05) is 0 Å². The summed E-state index contributed by atoms with van der Waals surface area (Å²) in [5, 5.41) is 7.47. The highest BCUT2D eigenvalue weighted by atomic mass is 15.1. The van der Waals surface area contributed by atoms with Crippen molar-refractivity contribution in [1.29, 1.82) is 0 Å². The van der Waals surface area contributed by atoms with Crippen LogP contribution >= 0.6 is 0 Å². The van der Waals surface area contributed by atoms with Crippen LogP contribution in [0.5, 0.6) is 0 Å². The maximum Gasteiger partial charge on any atom is 0.0547 e. The van der Waals surface area contributed by atoms with Crippen molar-refractivity contribution in [1.82, 2.24) is 9.13 Å². The Balaban J connectivity index is 0.935. The minimum Gasteiger partial charge on any atom is -0.310 e. The predicted molar refractivity (Wildman–Crippen MR) is 296 cm³/mol. The van der Waals surface area contributed by atoms with Crippen molar-refractivity contribution >= 4 is 71.4 Å². The molecule has 0 radical (unpaired) electrons. The van der Waals surface area contributed by atoms with E-state index >= 15 is 0 Å². The van der Waals surface area contributed by atoms with Gasteiger partial charge in [-0.2, -0.15) is 0 Å². The molecule has 14 rings (SSSR count). The summed E-state index contributed by atoms with van der Waals surface area (Å²) < 4.78 is 4.90. The zero-order valence-corrected chi connectivity index (χ0v) is 39.0. The van der Waals surface area contributed by atoms with Gasteiger partial charge in [-0.05, 0) is 152 Å². The number of anilines is 3. The van der Waals surface area contributed by atoms with Gasteiger partial charge >= 0.3 is 0 Å². The lowest BCUT2D eigenvalue weighted by atomic mass is 9.82. The topological polar surface area (TPSA) is 13.1 Å². The van der Waals surface area contributed by atoms with Crippen LogP contribution < -0.4 is 4.90 Å². The Kier molecular flexibility index (Phi) is 8.93. The molecule has 3 nitrogen and oxygen atoms in total. The van der Waals surface area contributed by atoms with Crippen LogP contribution in [-0.4, -0.2) is 9.13 Å². The summed E-state index contributed by atoms with van der Waals surface area (Å²) in [7, 11) is 0. The molecular weight excluding hydrogens is 847 g/mol. The Morgan fingerprint density at radius 3 is 1.53 bits per heavy atom. The average molecular weight is 894 g/mol. The molecule has 1 aliphatic rings. The van der Waals surface area contributed by atoms with Crippen LogP contribution in [0.1, 0.15) is 25.0 Å². The molecule has 0 saturated heterocycles. The highest BCUT2D eigenvalue weighted by molar-refractivity contribution is 6.14. The van der Waals surface area contributed by atoms with Crippen molar-refractivity contribution in [2.45, 2.75) is 19.3 Å². The van der Waals surface area contributed by atoms with Gasteiger partial charge < -0.3 is 14.0 Å². The van der Waals surface area contributed by atoms with Crippen LogP contribution in [0.25, 0.3) is 99.1 Å². The maximum atomic E-state index is 2.51.